The minimum atomic E-state index is -1.02. The van der Waals surface area contributed by atoms with Gasteiger partial charge in [-0.05, 0) is 51.5 Å². The van der Waals surface area contributed by atoms with E-state index in [-0.39, 0.29) is 6.61 Å². The highest BCUT2D eigenvalue weighted by Crippen LogP contribution is 2.29. The van der Waals surface area contributed by atoms with Gasteiger partial charge in [-0.2, -0.15) is 0 Å². The number of carbonyl (C=O) groups excluding carboxylic acids is 1. The Morgan fingerprint density at radius 3 is 2.50 bits per heavy atom. The fourth-order valence-electron chi connectivity index (χ4n) is 1.60. The minimum absolute atomic E-state index is 0.281. The number of amides is 1. The zero-order chi connectivity index (χ0) is 15.6. The summed E-state index contributed by atoms with van der Waals surface area (Å²) in [6.07, 6.45) is -0.588. The smallest absolute Gasteiger partial charge is 0.412 e. The highest BCUT2D eigenvalue weighted by Gasteiger charge is 2.25. The van der Waals surface area contributed by atoms with E-state index in [0.29, 0.717) is 16.3 Å². The van der Waals surface area contributed by atoms with Gasteiger partial charge in [0, 0.05) is 10.7 Å². The van der Waals surface area contributed by atoms with Crippen molar-refractivity contribution in [3.05, 3.63) is 28.8 Å². The molecule has 0 aliphatic carbocycles. The molecule has 0 aliphatic rings. The van der Waals surface area contributed by atoms with E-state index in [4.69, 9.17) is 22.1 Å². The Hall–Kier alpha value is -1.30. The van der Waals surface area contributed by atoms with Gasteiger partial charge in [0.2, 0.25) is 0 Å². The fourth-order valence-corrected chi connectivity index (χ4v) is 1.77. The molecular weight excluding hydrogens is 280 g/mol. The molecule has 1 amide bonds. The van der Waals surface area contributed by atoms with Crippen LogP contribution in [0.25, 0.3) is 0 Å². The lowest BCUT2D eigenvalue weighted by molar-refractivity contribution is 0.0635. The Morgan fingerprint density at radius 2 is 2.00 bits per heavy atom. The van der Waals surface area contributed by atoms with Crippen LogP contribution in [0.15, 0.2) is 18.2 Å². The average molecular weight is 301 g/mol. The molecule has 0 saturated heterocycles. The van der Waals surface area contributed by atoms with Gasteiger partial charge in [-0.25, -0.2) is 4.79 Å². The number of nitrogens with one attached hydrogen (secondary N) is 1. The topological polar surface area (TPSA) is 84.6 Å². The van der Waals surface area contributed by atoms with Gasteiger partial charge in [0.1, 0.15) is 5.60 Å². The van der Waals surface area contributed by atoms with Gasteiger partial charge in [-0.1, -0.05) is 11.6 Å². The number of aliphatic hydroxyl groups is 1. The van der Waals surface area contributed by atoms with Crippen molar-refractivity contribution in [2.75, 3.05) is 11.9 Å². The third-order valence-electron chi connectivity index (χ3n) is 2.56. The lowest BCUT2D eigenvalue weighted by atomic mass is 9.92. The van der Waals surface area contributed by atoms with Crippen LogP contribution >= 0.6 is 11.6 Å². The Morgan fingerprint density at radius 1 is 1.40 bits per heavy atom. The number of ether oxygens (including phenoxy) is 1. The van der Waals surface area contributed by atoms with Crippen molar-refractivity contribution in [3.8, 4) is 0 Å². The molecule has 1 unspecified atom stereocenters. The van der Waals surface area contributed by atoms with Gasteiger partial charge in [-0.3, -0.25) is 5.32 Å². The number of nitrogens with two attached hydrogens (primary N) is 1. The number of carbonyl (C=O) groups is 1. The summed E-state index contributed by atoms with van der Waals surface area (Å²) in [5, 5.41) is 12.5. The molecule has 20 heavy (non-hydrogen) atoms. The highest BCUT2D eigenvalue weighted by atomic mass is 35.5. The first-order valence-corrected chi connectivity index (χ1v) is 6.63. The molecule has 5 nitrogen and oxygen atoms in total. The van der Waals surface area contributed by atoms with E-state index in [9.17, 15) is 9.90 Å². The van der Waals surface area contributed by atoms with E-state index in [0.717, 1.165) is 0 Å². The zero-order valence-electron chi connectivity index (χ0n) is 12.2. The van der Waals surface area contributed by atoms with Crippen molar-refractivity contribution in [1.82, 2.24) is 0 Å². The lowest BCUT2D eigenvalue weighted by Crippen LogP contribution is -2.38. The van der Waals surface area contributed by atoms with Gasteiger partial charge in [-0.15, -0.1) is 0 Å². The van der Waals surface area contributed by atoms with Crippen LogP contribution in [0.5, 0.6) is 0 Å². The summed E-state index contributed by atoms with van der Waals surface area (Å²) in [6.45, 7) is 6.69. The van der Waals surface area contributed by atoms with E-state index in [1.165, 1.54) is 0 Å². The van der Waals surface area contributed by atoms with Gasteiger partial charge in [0.15, 0.2) is 0 Å². The highest BCUT2D eigenvalue weighted by molar-refractivity contribution is 6.30. The first-order valence-electron chi connectivity index (χ1n) is 6.25. The first-order chi connectivity index (χ1) is 9.05. The van der Waals surface area contributed by atoms with Crippen LogP contribution in [0.1, 0.15) is 33.3 Å². The second kappa shape index (κ2) is 5.99. The number of hydrogen-bond acceptors (Lipinski definition) is 4. The normalized spacial score (nSPS) is 14.6. The van der Waals surface area contributed by atoms with Gasteiger partial charge < -0.3 is 15.6 Å². The van der Waals surface area contributed by atoms with Crippen molar-refractivity contribution in [3.63, 3.8) is 0 Å². The second-order valence-electron chi connectivity index (χ2n) is 5.89. The second-order valence-corrected chi connectivity index (χ2v) is 6.33. The quantitative estimate of drug-likeness (QED) is 0.801. The van der Waals surface area contributed by atoms with Crippen LogP contribution in [-0.4, -0.2) is 23.4 Å². The molecule has 1 rings (SSSR count). The molecule has 1 aromatic rings. The molecule has 0 saturated carbocycles. The van der Waals surface area contributed by atoms with Crippen LogP contribution < -0.4 is 11.1 Å². The van der Waals surface area contributed by atoms with Crippen LogP contribution in [-0.2, 0) is 10.3 Å². The van der Waals surface area contributed by atoms with Crippen molar-refractivity contribution < 1.29 is 14.6 Å². The molecule has 1 aromatic carbocycles. The fraction of sp³-hybridized carbons (Fsp3) is 0.500. The molecule has 0 aliphatic heterocycles. The molecule has 0 bridgehead atoms. The number of aliphatic hydroxyl groups excluding tert-OH is 1. The van der Waals surface area contributed by atoms with Crippen LogP contribution in [0.4, 0.5) is 10.5 Å². The summed E-state index contributed by atoms with van der Waals surface area (Å²) in [7, 11) is 0. The van der Waals surface area contributed by atoms with Gasteiger partial charge in [0.25, 0.3) is 0 Å². The van der Waals surface area contributed by atoms with Gasteiger partial charge in [0.05, 0.1) is 12.1 Å². The summed E-state index contributed by atoms with van der Waals surface area (Å²) < 4.78 is 5.19. The average Bonchev–Trinajstić information content (AvgIpc) is 2.29. The summed E-state index contributed by atoms with van der Waals surface area (Å²) >= 11 is 5.94. The molecule has 0 fully saturated rings. The van der Waals surface area contributed by atoms with Crippen molar-refractivity contribution >= 4 is 23.4 Å². The largest absolute Gasteiger partial charge is 0.444 e. The maximum atomic E-state index is 11.8. The maximum absolute atomic E-state index is 11.8. The number of halogens is 1. The molecule has 4 N–H and O–H groups in total. The lowest BCUT2D eigenvalue weighted by Gasteiger charge is -2.26. The summed E-state index contributed by atoms with van der Waals surface area (Å²) in [5.74, 6) is 0. The molecule has 0 spiro atoms. The summed E-state index contributed by atoms with van der Waals surface area (Å²) in [4.78, 5) is 11.8. The SMILES string of the molecule is CC(C)(C)OC(=O)Nc1ccc(Cl)cc1C(C)(N)CO. The Kier molecular flexibility index (Phi) is 5.02. The van der Waals surface area contributed by atoms with E-state index < -0.39 is 17.2 Å². The van der Waals surface area contributed by atoms with Crippen molar-refractivity contribution in [2.45, 2.75) is 38.8 Å². The summed E-state index contributed by atoms with van der Waals surface area (Å²) in [5.41, 5.74) is 5.39. The minimum Gasteiger partial charge on any atom is -0.444 e. The predicted molar refractivity (Wildman–Crippen MR) is 79.9 cm³/mol. The Labute approximate surface area is 124 Å². The maximum Gasteiger partial charge on any atom is 0.412 e. The number of rotatable bonds is 3. The standard InChI is InChI=1S/C14H21ClN2O3/c1-13(2,3)20-12(19)17-11-6-5-9(15)7-10(11)14(4,16)8-18/h5-7,18H,8,16H2,1-4H3,(H,17,19). The number of anilines is 1. The van der Waals surface area contributed by atoms with E-state index >= 15 is 0 Å². The van der Waals surface area contributed by atoms with E-state index in [1.54, 1.807) is 45.9 Å². The molecule has 1 atom stereocenters. The van der Waals surface area contributed by atoms with E-state index in [1.807, 2.05) is 0 Å². The molecule has 0 aromatic heterocycles. The first kappa shape index (κ1) is 16.8. The van der Waals surface area contributed by atoms with E-state index in [2.05, 4.69) is 5.32 Å². The third kappa shape index (κ3) is 4.67. The van der Waals surface area contributed by atoms with Crippen LogP contribution in [0, 0.1) is 0 Å². The van der Waals surface area contributed by atoms with Crippen LogP contribution in [0.3, 0.4) is 0 Å². The molecule has 112 valence electrons. The number of hydrogen-bond donors (Lipinski definition) is 3. The van der Waals surface area contributed by atoms with Crippen molar-refractivity contribution in [2.24, 2.45) is 5.73 Å². The van der Waals surface area contributed by atoms with Crippen molar-refractivity contribution in [1.29, 1.82) is 0 Å². The summed E-state index contributed by atoms with van der Waals surface area (Å²) in [6, 6.07) is 4.87. The Balaban J connectivity index is 3.04. The third-order valence-corrected chi connectivity index (χ3v) is 2.80. The van der Waals surface area contributed by atoms with Gasteiger partial charge >= 0.3 is 6.09 Å². The molecular formula is C14H21ClN2O3. The molecule has 0 heterocycles. The molecule has 6 heteroatoms. The molecule has 0 radical (unpaired) electrons. The Bertz CT molecular complexity index is 496. The monoisotopic (exact) mass is 300 g/mol. The predicted octanol–water partition coefficient (Wildman–Crippen LogP) is 2.85. The number of benzene rings is 1. The van der Waals surface area contributed by atoms with Crippen LogP contribution in [0.2, 0.25) is 5.02 Å². The zero-order valence-corrected chi connectivity index (χ0v) is 12.9.